The predicted molar refractivity (Wildman–Crippen MR) is 43.7 cm³/mol. The summed E-state index contributed by atoms with van der Waals surface area (Å²) >= 11 is 1.58. The third-order valence-electron chi connectivity index (χ3n) is 1.74. The molecule has 0 amide bonds. The number of rotatable bonds is 1. The molecule has 4 heteroatoms. The highest BCUT2D eigenvalue weighted by Crippen LogP contribution is 2.21. The Labute approximate surface area is 67.9 Å². The Balaban J connectivity index is 2.76. The van der Waals surface area contributed by atoms with Crippen molar-refractivity contribution in [3.63, 3.8) is 0 Å². The number of hydrogen-bond acceptors (Lipinski definition) is 3. The Bertz CT molecular complexity index is 377. The van der Waals surface area contributed by atoms with Crippen molar-refractivity contribution >= 4 is 16.2 Å². The molecule has 0 radical (unpaired) electrons. The minimum atomic E-state index is 0.123. The smallest absolute Gasteiger partial charge is 0.120 e. The molecule has 2 aromatic heterocycles. The molecule has 0 saturated heterocycles. The maximum atomic E-state index is 8.91. The van der Waals surface area contributed by atoms with Crippen LogP contribution in [-0.4, -0.2) is 14.5 Å². The van der Waals surface area contributed by atoms with Gasteiger partial charge in [0, 0.05) is 5.69 Å². The zero-order valence-electron chi connectivity index (χ0n) is 6.11. The summed E-state index contributed by atoms with van der Waals surface area (Å²) in [7, 11) is 0. The minimum absolute atomic E-state index is 0.123. The standard InChI is InChI=1S/C7H8N2OS/c1-5-6(3-10)11-7-2-8-4-9(5)7/h2,4,10H,3H2,1H3. The number of imidazole rings is 1. The second-order valence-electron chi connectivity index (χ2n) is 2.37. The summed E-state index contributed by atoms with van der Waals surface area (Å²) in [6, 6.07) is 0. The fraction of sp³-hybridized carbons (Fsp3) is 0.286. The lowest BCUT2D eigenvalue weighted by Gasteiger charge is -1.90. The van der Waals surface area contributed by atoms with Gasteiger partial charge in [0.2, 0.25) is 0 Å². The molecule has 0 bridgehead atoms. The molecule has 0 atom stereocenters. The summed E-state index contributed by atoms with van der Waals surface area (Å²) < 4.78 is 1.98. The van der Waals surface area contributed by atoms with Gasteiger partial charge in [0.15, 0.2) is 0 Å². The van der Waals surface area contributed by atoms with Crippen molar-refractivity contribution in [2.45, 2.75) is 13.5 Å². The highest BCUT2D eigenvalue weighted by Gasteiger charge is 2.05. The van der Waals surface area contributed by atoms with Gasteiger partial charge in [-0.05, 0) is 6.92 Å². The summed E-state index contributed by atoms with van der Waals surface area (Å²) in [5, 5.41) is 8.91. The molecule has 2 heterocycles. The minimum Gasteiger partial charge on any atom is -0.391 e. The maximum absolute atomic E-state index is 8.91. The number of thiazole rings is 1. The Hall–Kier alpha value is -0.870. The van der Waals surface area contributed by atoms with Crippen molar-refractivity contribution in [3.8, 4) is 0 Å². The normalized spacial score (nSPS) is 11.1. The summed E-state index contributed by atoms with van der Waals surface area (Å²) in [5.41, 5.74) is 1.09. The van der Waals surface area contributed by atoms with Crippen LogP contribution < -0.4 is 0 Å². The van der Waals surface area contributed by atoms with Crippen molar-refractivity contribution in [3.05, 3.63) is 23.1 Å². The quantitative estimate of drug-likeness (QED) is 0.694. The molecular weight excluding hydrogens is 160 g/mol. The van der Waals surface area contributed by atoms with Crippen LogP contribution in [0.1, 0.15) is 10.6 Å². The van der Waals surface area contributed by atoms with Gasteiger partial charge in [0.25, 0.3) is 0 Å². The third kappa shape index (κ3) is 0.868. The van der Waals surface area contributed by atoms with Crippen molar-refractivity contribution in [2.75, 3.05) is 0 Å². The highest BCUT2D eigenvalue weighted by atomic mass is 32.1. The number of nitrogens with zero attached hydrogens (tertiary/aromatic N) is 2. The van der Waals surface area contributed by atoms with Crippen LogP contribution in [0.2, 0.25) is 0 Å². The second kappa shape index (κ2) is 2.32. The van der Waals surface area contributed by atoms with E-state index in [4.69, 9.17) is 5.11 Å². The largest absolute Gasteiger partial charge is 0.391 e. The molecule has 0 saturated carbocycles. The van der Waals surface area contributed by atoms with Gasteiger partial charge < -0.3 is 5.11 Å². The van der Waals surface area contributed by atoms with E-state index in [1.165, 1.54) is 0 Å². The van der Waals surface area contributed by atoms with E-state index in [9.17, 15) is 0 Å². The van der Waals surface area contributed by atoms with Crippen LogP contribution in [0.3, 0.4) is 0 Å². The average molecular weight is 168 g/mol. The Morgan fingerprint density at radius 3 is 3.18 bits per heavy atom. The second-order valence-corrected chi connectivity index (χ2v) is 3.49. The molecule has 0 spiro atoms. The molecule has 11 heavy (non-hydrogen) atoms. The monoisotopic (exact) mass is 168 g/mol. The van der Waals surface area contributed by atoms with E-state index in [0.717, 1.165) is 15.4 Å². The summed E-state index contributed by atoms with van der Waals surface area (Å²) in [4.78, 5) is 6.09. The van der Waals surface area contributed by atoms with Crippen LogP contribution in [0.25, 0.3) is 4.83 Å². The lowest BCUT2D eigenvalue weighted by molar-refractivity contribution is 0.284. The Morgan fingerprint density at radius 1 is 1.73 bits per heavy atom. The number of aryl methyl sites for hydroxylation is 1. The predicted octanol–water partition coefficient (Wildman–Crippen LogP) is 1.20. The Kier molecular flexibility index (Phi) is 1.44. The number of aliphatic hydroxyl groups excluding tert-OH is 1. The average Bonchev–Trinajstić information content (AvgIpc) is 2.53. The fourth-order valence-electron chi connectivity index (χ4n) is 1.09. The molecule has 3 nitrogen and oxygen atoms in total. The molecule has 0 aliphatic carbocycles. The van der Waals surface area contributed by atoms with Gasteiger partial charge in [-0.1, -0.05) is 0 Å². The molecule has 0 aliphatic rings. The fourth-order valence-corrected chi connectivity index (χ4v) is 2.05. The third-order valence-corrected chi connectivity index (χ3v) is 2.92. The lowest BCUT2D eigenvalue weighted by Crippen LogP contribution is -1.85. The van der Waals surface area contributed by atoms with Gasteiger partial charge in [-0.2, -0.15) is 0 Å². The SMILES string of the molecule is Cc1c(CO)sc2cncn12. The molecule has 1 N–H and O–H groups in total. The van der Waals surface area contributed by atoms with Crippen molar-refractivity contribution in [1.82, 2.24) is 9.38 Å². The van der Waals surface area contributed by atoms with Crippen LogP contribution in [0.5, 0.6) is 0 Å². The van der Waals surface area contributed by atoms with E-state index in [-0.39, 0.29) is 6.61 Å². The molecule has 0 aromatic carbocycles. The molecule has 2 rings (SSSR count). The first-order valence-corrected chi connectivity index (χ1v) is 4.16. The van der Waals surface area contributed by atoms with E-state index >= 15 is 0 Å². The number of aliphatic hydroxyl groups is 1. The zero-order valence-corrected chi connectivity index (χ0v) is 6.93. The summed E-state index contributed by atoms with van der Waals surface area (Å²) in [6.07, 6.45) is 3.57. The number of aromatic nitrogens is 2. The van der Waals surface area contributed by atoms with Crippen LogP contribution in [0, 0.1) is 6.92 Å². The van der Waals surface area contributed by atoms with Crippen LogP contribution in [-0.2, 0) is 6.61 Å². The Morgan fingerprint density at radius 2 is 2.55 bits per heavy atom. The van der Waals surface area contributed by atoms with E-state index in [1.807, 2.05) is 11.3 Å². The van der Waals surface area contributed by atoms with E-state index in [0.29, 0.717) is 0 Å². The highest BCUT2D eigenvalue weighted by molar-refractivity contribution is 7.17. The van der Waals surface area contributed by atoms with Crippen LogP contribution in [0.15, 0.2) is 12.5 Å². The van der Waals surface area contributed by atoms with Crippen molar-refractivity contribution in [1.29, 1.82) is 0 Å². The number of hydrogen-bond donors (Lipinski definition) is 1. The first kappa shape index (κ1) is 6.82. The van der Waals surface area contributed by atoms with Gasteiger partial charge in [0.1, 0.15) is 11.2 Å². The molecule has 0 fully saturated rings. The van der Waals surface area contributed by atoms with Crippen LogP contribution in [0.4, 0.5) is 0 Å². The zero-order chi connectivity index (χ0) is 7.84. The first-order chi connectivity index (χ1) is 5.33. The van der Waals surface area contributed by atoms with Crippen LogP contribution >= 0.6 is 11.3 Å². The molecule has 2 aromatic rings. The molecule has 58 valence electrons. The number of fused-ring (bicyclic) bond motifs is 1. The van der Waals surface area contributed by atoms with E-state index in [2.05, 4.69) is 4.98 Å². The van der Waals surface area contributed by atoms with Gasteiger partial charge in [-0.15, -0.1) is 11.3 Å². The summed E-state index contributed by atoms with van der Waals surface area (Å²) in [5.74, 6) is 0. The van der Waals surface area contributed by atoms with Crippen molar-refractivity contribution < 1.29 is 5.11 Å². The molecular formula is C7H8N2OS. The molecule has 0 aliphatic heterocycles. The van der Waals surface area contributed by atoms with E-state index in [1.54, 1.807) is 23.9 Å². The van der Waals surface area contributed by atoms with Gasteiger partial charge in [0.05, 0.1) is 17.7 Å². The first-order valence-electron chi connectivity index (χ1n) is 3.34. The van der Waals surface area contributed by atoms with Gasteiger partial charge in [-0.25, -0.2) is 4.98 Å². The van der Waals surface area contributed by atoms with Gasteiger partial charge >= 0.3 is 0 Å². The maximum Gasteiger partial charge on any atom is 0.120 e. The van der Waals surface area contributed by atoms with Crippen molar-refractivity contribution in [2.24, 2.45) is 0 Å². The van der Waals surface area contributed by atoms with E-state index < -0.39 is 0 Å². The molecule has 0 unspecified atom stereocenters. The topological polar surface area (TPSA) is 37.5 Å². The lowest BCUT2D eigenvalue weighted by atomic mass is 10.4. The summed E-state index contributed by atoms with van der Waals surface area (Å²) in [6.45, 7) is 2.11. The van der Waals surface area contributed by atoms with Gasteiger partial charge in [-0.3, -0.25) is 4.40 Å².